The molecule has 106 valence electrons. The molecule has 2 fully saturated rings. The first-order valence-electron chi connectivity index (χ1n) is 7.27. The van der Waals surface area contributed by atoms with E-state index >= 15 is 0 Å². The van der Waals surface area contributed by atoms with Gasteiger partial charge in [0.05, 0.1) is 11.5 Å². The monoisotopic (exact) mass is 274 g/mol. The third kappa shape index (κ3) is 3.93. The molecule has 3 N–H and O–H groups in total. The lowest BCUT2D eigenvalue weighted by Crippen LogP contribution is -2.42. The van der Waals surface area contributed by atoms with E-state index < -0.39 is 9.84 Å². The number of hydrazine groups is 1. The van der Waals surface area contributed by atoms with Gasteiger partial charge in [-0.1, -0.05) is 25.7 Å². The molecule has 5 heteroatoms. The van der Waals surface area contributed by atoms with Crippen molar-refractivity contribution < 1.29 is 8.42 Å². The number of sulfone groups is 1. The quantitative estimate of drug-likeness (QED) is 0.464. The van der Waals surface area contributed by atoms with Gasteiger partial charge in [0.25, 0.3) is 0 Å². The molecule has 0 spiro atoms. The van der Waals surface area contributed by atoms with Crippen molar-refractivity contribution in [3.8, 4) is 0 Å². The normalized spacial score (nSPS) is 31.1. The second kappa shape index (κ2) is 6.35. The summed E-state index contributed by atoms with van der Waals surface area (Å²) in [4.78, 5) is 0. The van der Waals surface area contributed by atoms with Gasteiger partial charge in [-0.05, 0) is 37.5 Å². The number of hydrogen-bond acceptors (Lipinski definition) is 4. The Hall–Kier alpha value is -0.130. The molecule has 0 aromatic rings. The summed E-state index contributed by atoms with van der Waals surface area (Å²) in [5, 5.41) is 0. The van der Waals surface area contributed by atoms with E-state index in [0.29, 0.717) is 29.4 Å². The zero-order chi connectivity index (χ0) is 13.0. The summed E-state index contributed by atoms with van der Waals surface area (Å²) < 4.78 is 23.0. The molecular formula is C13H26N2O2S. The average Bonchev–Trinajstić information content (AvgIpc) is 2.57. The Morgan fingerprint density at radius 1 is 1.11 bits per heavy atom. The second-order valence-corrected chi connectivity index (χ2v) is 8.26. The third-order valence-corrected chi connectivity index (χ3v) is 6.43. The van der Waals surface area contributed by atoms with Crippen LogP contribution in [0, 0.1) is 11.8 Å². The lowest BCUT2D eigenvalue weighted by molar-refractivity contribution is 0.278. The van der Waals surface area contributed by atoms with Gasteiger partial charge < -0.3 is 0 Å². The Balaban J connectivity index is 1.88. The first-order valence-corrected chi connectivity index (χ1v) is 9.09. The molecule has 0 amide bonds. The summed E-state index contributed by atoms with van der Waals surface area (Å²) in [6, 6.07) is 0.307. The van der Waals surface area contributed by atoms with Gasteiger partial charge >= 0.3 is 0 Å². The van der Waals surface area contributed by atoms with Crippen molar-refractivity contribution in [3.05, 3.63) is 0 Å². The maximum Gasteiger partial charge on any atom is 0.150 e. The van der Waals surface area contributed by atoms with E-state index in [1.807, 2.05) is 0 Å². The lowest BCUT2D eigenvalue weighted by atomic mass is 9.86. The number of nitrogens with one attached hydrogen (secondary N) is 1. The van der Waals surface area contributed by atoms with Crippen molar-refractivity contribution in [1.82, 2.24) is 5.43 Å². The fraction of sp³-hybridized carbons (Fsp3) is 1.00. The van der Waals surface area contributed by atoms with E-state index in [0.717, 1.165) is 12.8 Å². The predicted molar refractivity (Wildman–Crippen MR) is 73.7 cm³/mol. The lowest BCUT2D eigenvalue weighted by Gasteiger charge is -2.27. The molecule has 2 rings (SSSR count). The van der Waals surface area contributed by atoms with Crippen LogP contribution >= 0.6 is 0 Å². The van der Waals surface area contributed by atoms with Gasteiger partial charge in [0.1, 0.15) is 0 Å². The van der Waals surface area contributed by atoms with Crippen LogP contribution in [0.4, 0.5) is 0 Å². The molecule has 1 saturated carbocycles. The van der Waals surface area contributed by atoms with Crippen molar-refractivity contribution in [2.24, 2.45) is 17.7 Å². The maximum absolute atomic E-state index is 11.5. The van der Waals surface area contributed by atoms with E-state index in [1.54, 1.807) is 0 Å². The molecule has 1 saturated heterocycles. The summed E-state index contributed by atoms with van der Waals surface area (Å²) >= 11 is 0. The third-order valence-electron chi connectivity index (χ3n) is 4.60. The van der Waals surface area contributed by atoms with Gasteiger partial charge in [0.15, 0.2) is 9.84 Å². The van der Waals surface area contributed by atoms with E-state index in [4.69, 9.17) is 5.84 Å². The Kier molecular flexibility index (Phi) is 5.04. The molecule has 2 aliphatic rings. The smallest absolute Gasteiger partial charge is 0.150 e. The molecule has 0 aromatic heterocycles. The van der Waals surface area contributed by atoms with Crippen LogP contribution in [0.25, 0.3) is 0 Å². The summed E-state index contributed by atoms with van der Waals surface area (Å²) in [7, 11) is -2.76. The molecule has 4 nitrogen and oxygen atoms in total. The highest BCUT2D eigenvalue weighted by Gasteiger charge is 2.32. The average molecular weight is 274 g/mol. The van der Waals surface area contributed by atoms with Crippen LogP contribution in [-0.2, 0) is 9.84 Å². The molecule has 2 atom stereocenters. The van der Waals surface area contributed by atoms with Crippen LogP contribution in [-0.4, -0.2) is 26.0 Å². The first kappa shape index (κ1) is 14.3. The van der Waals surface area contributed by atoms with Crippen LogP contribution in [0.15, 0.2) is 0 Å². The molecule has 1 aliphatic heterocycles. The fourth-order valence-electron chi connectivity index (χ4n) is 3.53. The van der Waals surface area contributed by atoms with Crippen molar-refractivity contribution in [2.75, 3.05) is 11.5 Å². The number of rotatable bonds is 4. The minimum atomic E-state index is -2.76. The standard InChI is InChI=1S/C13H26N2O2S/c14-15-13(12-5-3-1-2-4-6-12)9-11-7-8-18(16,17)10-11/h11-13,15H,1-10,14H2. The topological polar surface area (TPSA) is 72.2 Å². The van der Waals surface area contributed by atoms with Crippen molar-refractivity contribution in [2.45, 2.75) is 57.4 Å². The zero-order valence-corrected chi connectivity index (χ0v) is 11.9. The summed E-state index contributed by atoms with van der Waals surface area (Å²) in [5.41, 5.74) is 2.96. The first-order chi connectivity index (χ1) is 8.61. The number of hydrogen-bond donors (Lipinski definition) is 2. The molecule has 2 unspecified atom stereocenters. The fourth-order valence-corrected chi connectivity index (χ4v) is 5.41. The van der Waals surface area contributed by atoms with Crippen LogP contribution in [0.2, 0.25) is 0 Å². The van der Waals surface area contributed by atoms with Crippen molar-refractivity contribution in [1.29, 1.82) is 0 Å². The van der Waals surface area contributed by atoms with Gasteiger partial charge in [0.2, 0.25) is 0 Å². The highest BCUT2D eigenvalue weighted by Crippen LogP contribution is 2.31. The van der Waals surface area contributed by atoms with Gasteiger partial charge in [-0.15, -0.1) is 0 Å². The number of nitrogens with two attached hydrogens (primary N) is 1. The van der Waals surface area contributed by atoms with E-state index in [2.05, 4.69) is 5.43 Å². The molecule has 0 aromatic carbocycles. The molecule has 0 bridgehead atoms. The maximum atomic E-state index is 11.5. The molecule has 0 radical (unpaired) electrons. The molecule has 18 heavy (non-hydrogen) atoms. The summed E-state index contributed by atoms with van der Waals surface area (Å²) in [6.45, 7) is 0. The van der Waals surface area contributed by atoms with Crippen LogP contribution in [0.3, 0.4) is 0 Å². The highest BCUT2D eigenvalue weighted by atomic mass is 32.2. The van der Waals surface area contributed by atoms with Gasteiger partial charge in [-0.3, -0.25) is 11.3 Å². The van der Waals surface area contributed by atoms with E-state index in [1.165, 1.54) is 38.5 Å². The van der Waals surface area contributed by atoms with Crippen molar-refractivity contribution >= 4 is 9.84 Å². The molecule has 1 heterocycles. The largest absolute Gasteiger partial charge is 0.271 e. The Labute approximate surface area is 111 Å². The van der Waals surface area contributed by atoms with Gasteiger partial charge in [0, 0.05) is 6.04 Å². The minimum Gasteiger partial charge on any atom is -0.271 e. The van der Waals surface area contributed by atoms with Crippen molar-refractivity contribution in [3.63, 3.8) is 0 Å². The summed E-state index contributed by atoms with van der Waals surface area (Å²) in [5.74, 6) is 7.41. The van der Waals surface area contributed by atoms with Crippen LogP contribution in [0.1, 0.15) is 51.4 Å². The Morgan fingerprint density at radius 3 is 2.28 bits per heavy atom. The SMILES string of the molecule is NNC(CC1CCS(=O)(=O)C1)C1CCCCCC1. The molecular weight excluding hydrogens is 248 g/mol. The van der Waals surface area contributed by atoms with E-state index in [-0.39, 0.29) is 0 Å². The van der Waals surface area contributed by atoms with Crippen LogP contribution in [0.5, 0.6) is 0 Å². The Morgan fingerprint density at radius 2 is 1.78 bits per heavy atom. The van der Waals surface area contributed by atoms with Gasteiger partial charge in [-0.2, -0.15) is 0 Å². The zero-order valence-electron chi connectivity index (χ0n) is 11.1. The van der Waals surface area contributed by atoms with Gasteiger partial charge in [-0.25, -0.2) is 8.42 Å². The van der Waals surface area contributed by atoms with E-state index in [9.17, 15) is 8.42 Å². The van der Waals surface area contributed by atoms with Crippen LogP contribution < -0.4 is 11.3 Å². The summed E-state index contributed by atoms with van der Waals surface area (Å²) in [6.07, 6.45) is 9.52. The minimum absolute atomic E-state index is 0.307. The highest BCUT2D eigenvalue weighted by molar-refractivity contribution is 7.91. The molecule has 1 aliphatic carbocycles. The predicted octanol–water partition coefficient (Wildman–Crippen LogP) is 1.61. The second-order valence-electron chi connectivity index (χ2n) is 6.03. The Bertz CT molecular complexity index is 348.